The molecule has 4 rings (SSSR count). The molecule has 134 valence electrons. The molecule has 1 aliphatic carbocycles. The van der Waals surface area contributed by atoms with Gasteiger partial charge >= 0.3 is 0 Å². The van der Waals surface area contributed by atoms with Gasteiger partial charge in [0.15, 0.2) is 0 Å². The number of thioether (sulfide) groups is 1. The van der Waals surface area contributed by atoms with E-state index in [1.54, 1.807) is 22.7 Å². The number of H-pyrrole nitrogens is 1. The van der Waals surface area contributed by atoms with Gasteiger partial charge < -0.3 is 14.9 Å². The van der Waals surface area contributed by atoms with E-state index in [1.807, 2.05) is 22.9 Å². The molecule has 0 aromatic carbocycles. The first-order chi connectivity index (χ1) is 12.6. The van der Waals surface area contributed by atoms with E-state index in [4.69, 9.17) is 0 Å². The second kappa shape index (κ2) is 7.38. The minimum absolute atomic E-state index is 0.144. The number of hydrogen-bond acceptors (Lipinski definition) is 7. The second-order valence-electron chi connectivity index (χ2n) is 6.03. The average Bonchev–Trinajstić information content (AvgIpc) is 3.25. The van der Waals surface area contributed by atoms with Gasteiger partial charge in [-0.2, -0.15) is 11.3 Å². The largest absolute Gasteiger partial charge is 0.549 e. The molecule has 1 aliphatic rings. The van der Waals surface area contributed by atoms with Crippen LogP contribution in [0.2, 0.25) is 0 Å². The second-order valence-corrected chi connectivity index (χ2v) is 8.91. The molecule has 0 saturated heterocycles. The van der Waals surface area contributed by atoms with Gasteiger partial charge in [0.25, 0.3) is 5.56 Å². The molecule has 0 radical (unpaired) electrons. The quantitative estimate of drug-likeness (QED) is 0.708. The molecule has 0 unspecified atom stereocenters. The Morgan fingerprint density at radius 3 is 3.00 bits per heavy atom. The smallest absolute Gasteiger partial charge is 0.260 e. The van der Waals surface area contributed by atoms with Crippen LogP contribution in [0, 0.1) is 0 Å². The monoisotopic (exact) mass is 403 g/mol. The molecular formula is C18H15N2O3S3-. The highest BCUT2D eigenvalue weighted by atomic mass is 32.2. The summed E-state index contributed by atoms with van der Waals surface area (Å²) in [4.78, 5) is 33.8. The molecular weight excluding hydrogens is 388 g/mol. The van der Waals surface area contributed by atoms with Gasteiger partial charge in [-0.25, -0.2) is 4.98 Å². The lowest BCUT2D eigenvalue weighted by Gasteiger charge is -2.10. The van der Waals surface area contributed by atoms with Crippen molar-refractivity contribution in [2.45, 2.75) is 25.7 Å². The Balaban J connectivity index is 1.81. The Morgan fingerprint density at radius 2 is 2.23 bits per heavy atom. The predicted octanol–water partition coefficient (Wildman–Crippen LogP) is 2.91. The van der Waals surface area contributed by atoms with E-state index in [0.29, 0.717) is 16.1 Å². The van der Waals surface area contributed by atoms with Crippen molar-refractivity contribution in [3.63, 3.8) is 0 Å². The van der Waals surface area contributed by atoms with Crippen molar-refractivity contribution in [2.24, 2.45) is 0 Å². The van der Waals surface area contributed by atoms with Gasteiger partial charge in [0.05, 0.1) is 16.3 Å². The van der Waals surface area contributed by atoms with Gasteiger partial charge in [-0.05, 0) is 59.7 Å². The molecule has 3 heterocycles. The first kappa shape index (κ1) is 17.5. The molecule has 0 atom stereocenters. The third-order valence-corrected chi connectivity index (χ3v) is 7.13. The Kier molecular flexibility index (Phi) is 4.97. The number of thiophene rings is 2. The van der Waals surface area contributed by atoms with Crippen molar-refractivity contribution in [3.8, 4) is 0 Å². The number of carboxylic acid groups (broad SMARTS) is 1. The standard InChI is InChI=1S/C18H16N2O3S3/c21-14(22)9-25-13(7-10-5-6-24-8-10)16-19-17(23)15-11-3-1-2-4-12(11)26-18(15)20-16/h5-8H,1-4,9H2,(H,21,22)(H,19,20,23)/p-1/b13-7-. The first-order valence-corrected chi connectivity index (χ1v) is 11.0. The van der Waals surface area contributed by atoms with Crippen LogP contribution in [0.3, 0.4) is 0 Å². The van der Waals surface area contributed by atoms with Crippen LogP contribution in [0.5, 0.6) is 0 Å². The fourth-order valence-corrected chi connectivity index (χ4v) is 5.71. The molecule has 1 N–H and O–H groups in total. The van der Waals surface area contributed by atoms with Crippen LogP contribution in [-0.2, 0) is 17.6 Å². The zero-order valence-corrected chi connectivity index (χ0v) is 16.2. The Hall–Kier alpha value is -1.90. The Morgan fingerprint density at radius 1 is 1.38 bits per heavy atom. The van der Waals surface area contributed by atoms with Gasteiger partial charge in [-0.1, -0.05) is 0 Å². The van der Waals surface area contributed by atoms with Crippen molar-refractivity contribution in [1.82, 2.24) is 9.97 Å². The van der Waals surface area contributed by atoms with Gasteiger partial charge in [-0.3, -0.25) is 4.79 Å². The van der Waals surface area contributed by atoms with Crippen molar-refractivity contribution in [3.05, 3.63) is 49.0 Å². The van der Waals surface area contributed by atoms with Crippen LogP contribution in [-0.4, -0.2) is 21.7 Å². The van der Waals surface area contributed by atoms with Crippen LogP contribution >= 0.6 is 34.4 Å². The summed E-state index contributed by atoms with van der Waals surface area (Å²) in [5.74, 6) is -0.932. The van der Waals surface area contributed by atoms with E-state index in [2.05, 4.69) is 9.97 Å². The maximum atomic E-state index is 12.7. The normalized spacial score (nSPS) is 14.5. The number of nitrogens with one attached hydrogen (secondary N) is 1. The fourth-order valence-electron chi connectivity index (χ4n) is 3.10. The summed E-state index contributed by atoms with van der Waals surface area (Å²) in [5.41, 5.74) is 1.95. The summed E-state index contributed by atoms with van der Waals surface area (Å²) in [7, 11) is 0. The summed E-state index contributed by atoms with van der Waals surface area (Å²) >= 11 is 4.24. The molecule has 3 aromatic heterocycles. The number of aromatic amines is 1. The zero-order chi connectivity index (χ0) is 18.1. The molecule has 0 fully saturated rings. The summed E-state index contributed by atoms with van der Waals surface area (Å²) in [6, 6.07) is 1.94. The lowest BCUT2D eigenvalue weighted by Crippen LogP contribution is -2.24. The van der Waals surface area contributed by atoms with E-state index < -0.39 is 5.97 Å². The highest BCUT2D eigenvalue weighted by molar-refractivity contribution is 8.09. The van der Waals surface area contributed by atoms with Crippen LogP contribution in [0.4, 0.5) is 0 Å². The molecule has 0 bridgehead atoms. The zero-order valence-electron chi connectivity index (χ0n) is 13.7. The maximum Gasteiger partial charge on any atom is 0.260 e. The van der Waals surface area contributed by atoms with Crippen LogP contribution in [0.25, 0.3) is 21.2 Å². The lowest BCUT2D eigenvalue weighted by molar-refractivity contribution is -0.301. The predicted molar refractivity (Wildman–Crippen MR) is 107 cm³/mol. The van der Waals surface area contributed by atoms with E-state index >= 15 is 0 Å². The van der Waals surface area contributed by atoms with E-state index in [0.717, 1.165) is 53.4 Å². The number of nitrogens with zero attached hydrogens (tertiary/aromatic N) is 1. The number of rotatable bonds is 5. The van der Waals surface area contributed by atoms with Gasteiger partial charge in [0.1, 0.15) is 10.7 Å². The van der Waals surface area contributed by atoms with Crippen molar-refractivity contribution >= 4 is 61.6 Å². The summed E-state index contributed by atoms with van der Waals surface area (Å²) in [6.45, 7) is 0. The summed E-state index contributed by atoms with van der Waals surface area (Å²) in [5, 5.41) is 15.5. The number of carbonyl (C=O) groups excluding carboxylic acids is 1. The summed E-state index contributed by atoms with van der Waals surface area (Å²) in [6.07, 6.45) is 6.03. The van der Waals surface area contributed by atoms with Gasteiger partial charge in [-0.15, -0.1) is 23.1 Å². The molecule has 8 heteroatoms. The molecule has 0 spiro atoms. The number of aryl methyl sites for hydroxylation is 2. The number of hydrogen-bond donors (Lipinski definition) is 1. The third kappa shape index (κ3) is 3.49. The van der Waals surface area contributed by atoms with Crippen LogP contribution in [0.1, 0.15) is 34.7 Å². The first-order valence-electron chi connectivity index (χ1n) is 8.23. The number of carboxylic acids is 1. The van der Waals surface area contributed by atoms with Crippen LogP contribution in [0.15, 0.2) is 21.6 Å². The average molecular weight is 404 g/mol. The van der Waals surface area contributed by atoms with Crippen molar-refractivity contribution in [2.75, 3.05) is 5.75 Å². The number of aliphatic carboxylic acids is 1. The molecule has 3 aromatic rings. The molecule has 0 saturated carbocycles. The minimum Gasteiger partial charge on any atom is -0.549 e. The Bertz CT molecular complexity index is 1050. The molecule has 0 amide bonds. The third-order valence-electron chi connectivity index (χ3n) is 4.24. The summed E-state index contributed by atoms with van der Waals surface area (Å²) < 4.78 is 0. The molecule has 26 heavy (non-hydrogen) atoms. The maximum absolute atomic E-state index is 12.7. The SMILES string of the molecule is O=C([O-])CS/C(=C\c1ccsc1)c1nc2sc3c(c2c(=O)[nH]1)CCCC3. The number of carbonyl (C=O) groups is 1. The molecule has 5 nitrogen and oxygen atoms in total. The number of aromatic nitrogens is 2. The molecule has 0 aliphatic heterocycles. The van der Waals surface area contributed by atoms with E-state index in [9.17, 15) is 14.7 Å². The lowest BCUT2D eigenvalue weighted by atomic mass is 9.97. The highest BCUT2D eigenvalue weighted by Gasteiger charge is 2.20. The van der Waals surface area contributed by atoms with Crippen molar-refractivity contribution in [1.29, 1.82) is 0 Å². The van der Waals surface area contributed by atoms with Gasteiger partial charge in [0.2, 0.25) is 0 Å². The minimum atomic E-state index is -1.15. The number of fused-ring (bicyclic) bond motifs is 3. The highest BCUT2D eigenvalue weighted by Crippen LogP contribution is 2.35. The van der Waals surface area contributed by atoms with E-state index in [1.165, 1.54) is 4.88 Å². The topological polar surface area (TPSA) is 85.9 Å². The van der Waals surface area contributed by atoms with Crippen molar-refractivity contribution < 1.29 is 9.90 Å². The Labute approximate surface area is 161 Å². The van der Waals surface area contributed by atoms with E-state index in [-0.39, 0.29) is 11.3 Å². The van der Waals surface area contributed by atoms with Gasteiger partial charge in [0, 0.05) is 10.6 Å². The fraction of sp³-hybridized carbons (Fsp3) is 0.278. The van der Waals surface area contributed by atoms with Crippen LogP contribution < -0.4 is 10.7 Å².